The van der Waals surface area contributed by atoms with Crippen LogP contribution in [0.25, 0.3) is 0 Å². The molecule has 0 aromatic carbocycles. The van der Waals surface area contributed by atoms with Gasteiger partial charge in [-0.1, -0.05) is 0 Å². The van der Waals surface area contributed by atoms with Gasteiger partial charge in [0.15, 0.2) is 0 Å². The first-order valence-corrected chi connectivity index (χ1v) is 7.37. The van der Waals surface area contributed by atoms with Crippen LogP contribution >= 0.6 is 0 Å². The monoisotopic (exact) mass is 269 g/mol. The zero-order valence-electron chi connectivity index (χ0n) is 12.4. The molecular weight excluding hydrogens is 242 g/mol. The lowest BCUT2D eigenvalue weighted by atomic mass is 9.88. The molecule has 2 rings (SSSR count). The lowest BCUT2D eigenvalue weighted by molar-refractivity contribution is 0.0440. The molecule has 0 bridgehead atoms. The van der Waals surface area contributed by atoms with Gasteiger partial charge in [0.05, 0.1) is 0 Å². The van der Waals surface area contributed by atoms with Crippen LogP contribution in [0.4, 0.5) is 4.79 Å². The smallest absolute Gasteiger partial charge is 0.407 e. The summed E-state index contributed by atoms with van der Waals surface area (Å²) in [7, 11) is 0. The van der Waals surface area contributed by atoms with E-state index in [1.54, 1.807) is 0 Å². The third-order valence-corrected chi connectivity index (χ3v) is 3.87. The highest BCUT2D eigenvalue weighted by molar-refractivity contribution is 5.67. The molecule has 0 aromatic heterocycles. The van der Waals surface area contributed by atoms with Gasteiger partial charge in [0.2, 0.25) is 0 Å². The van der Waals surface area contributed by atoms with E-state index in [9.17, 15) is 4.79 Å². The van der Waals surface area contributed by atoms with Crippen molar-refractivity contribution in [1.29, 1.82) is 0 Å². The highest BCUT2D eigenvalue weighted by Crippen LogP contribution is 2.24. The fraction of sp³-hybridized carbons (Fsp3) is 0.929. The molecule has 19 heavy (non-hydrogen) atoms. The van der Waals surface area contributed by atoms with Gasteiger partial charge in [-0.05, 0) is 46.1 Å². The quantitative estimate of drug-likeness (QED) is 0.791. The second-order valence-corrected chi connectivity index (χ2v) is 6.59. The molecule has 2 unspecified atom stereocenters. The number of hydrogen-bond acceptors (Lipinski definition) is 4. The second kappa shape index (κ2) is 6.09. The van der Waals surface area contributed by atoms with Crippen LogP contribution in [0.1, 0.15) is 33.6 Å². The molecule has 2 fully saturated rings. The molecule has 2 atom stereocenters. The Kier molecular flexibility index (Phi) is 4.68. The molecule has 1 amide bonds. The molecule has 0 aliphatic carbocycles. The molecule has 0 spiro atoms. The SMILES string of the molecule is CC(C)(C)OC(=O)NCC1CCCN2CCNCC12. The van der Waals surface area contributed by atoms with Crippen LogP contribution in [-0.2, 0) is 4.74 Å². The predicted octanol–water partition coefficient (Wildman–Crippen LogP) is 1.19. The molecule has 2 aliphatic heterocycles. The Labute approximate surface area is 116 Å². The number of nitrogens with one attached hydrogen (secondary N) is 2. The third-order valence-electron chi connectivity index (χ3n) is 3.87. The molecule has 2 aliphatic rings. The first-order chi connectivity index (χ1) is 8.96. The Morgan fingerprint density at radius 2 is 2.21 bits per heavy atom. The first kappa shape index (κ1) is 14.6. The van der Waals surface area contributed by atoms with Crippen molar-refractivity contribution in [3.63, 3.8) is 0 Å². The zero-order valence-corrected chi connectivity index (χ0v) is 12.4. The number of piperazine rings is 1. The molecule has 2 N–H and O–H groups in total. The maximum atomic E-state index is 11.7. The van der Waals surface area contributed by atoms with Gasteiger partial charge in [-0.3, -0.25) is 4.90 Å². The summed E-state index contributed by atoms with van der Waals surface area (Å²) in [6.07, 6.45) is 2.13. The van der Waals surface area contributed by atoms with Gasteiger partial charge in [-0.2, -0.15) is 0 Å². The van der Waals surface area contributed by atoms with E-state index in [4.69, 9.17) is 4.74 Å². The minimum Gasteiger partial charge on any atom is -0.444 e. The van der Waals surface area contributed by atoms with Gasteiger partial charge in [0.25, 0.3) is 0 Å². The standard InChI is InChI=1S/C14H27N3O2/c1-14(2,3)19-13(18)16-9-11-5-4-7-17-8-6-15-10-12(11)17/h11-12,15H,4-10H2,1-3H3,(H,16,18). The minimum atomic E-state index is -0.422. The van der Waals surface area contributed by atoms with Gasteiger partial charge in [-0.15, -0.1) is 0 Å². The normalized spacial score (nSPS) is 28.6. The number of alkyl carbamates (subject to hydrolysis) is 1. The zero-order chi connectivity index (χ0) is 13.9. The van der Waals surface area contributed by atoms with Gasteiger partial charge < -0.3 is 15.4 Å². The van der Waals surface area contributed by atoms with Crippen molar-refractivity contribution >= 4 is 6.09 Å². The summed E-state index contributed by atoms with van der Waals surface area (Å²) in [6.45, 7) is 10.9. The van der Waals surface area contributed by atoms with E-state index in [-0.39, 0.29) is 6.09 Å². The molecule has 0 aromatic rings. The van der Waals surface area contributed by atoms with E-state index in [1.165, 1.54) is 19.4 Å². The number of nitrogens with zero attached hydrogens (tertiary/aromatic N) is 1. The van der Waals surface area contributed by atoms with Crippen LogP contribution in [0.2, 0.25) is 0 Å². The lowest BCUT2D eigenvalue weighted by Gasteiger charge is -2.44. The molecule has 0 saturated carbocycles. The largest absolute Gasteiger partial charge is 0.444 e. The van der Waals surface area contributed by atoms with Crippen LogP contribution in [0, 0.1) is 5.92 Å². The van der Waals surface area contributed by atoms with Crippen molar-refractivity contribution in [1.82, 2.24) is 15.5 Å². The maximum Gasteiger partial charge on any atom is 0.407 e. The fourth-order valence-corrected chi connectivity index (χ4v) is 3.03. The minimum absolute atomic E-state index is 0.298. The molecular formula is C14H27N3O2. The Morgan fingerprint density at radius 1 is 1.42 bits per heavy atom. The van der Waals surface area contributed by atoms with E-state index in [1.807, 2.05) is 20.8 Å². The Morgan fingerprint density at radius 3 is 2.95 bits per heavy atom. The highest BCUT2D eigenvalue weighted by Gasteiger charge is 2.33. The summed E-state index contributed by atoms with van der Waals surface area (Å²) in [5.41, 5.74) is -0.422. The van der Waals surface area contributed by atoms with E-state index in [0.717, 1.165) is 26.2 Å². The fourth-order valence-electron chi connectivity index (χ4n) is 3.03. The number of carbonyl (C=O) groups is 1. The number of rotatable bonds is 2. The average Bonchev–Trinajstić information content (AvgIpc) is 2.34. The number of piperidine rings is 1. The van der Waals surface area contributed by atoms with Crippen molar-refractivity contribution < 1.29 is 9.53 Å². The van der Waals surface area contributed by atoms with Crippen molar-refractivity contribution in [3.8, 4) is 0 Å². The van der Waals surface area contributed by atoms with Crippen LogP contribution in [0.3, 0.4) is 0 Å². The number of fused-ring (bicyclic) bond motifs is 1. The van der Waals surface area contributed by atoms with Gasteiger partial charge in [-0.25, -0.2) is 4.79 Å². The molecule has 2 heterocycles. The summed E-state index contributed by atoms with van der Waals surface area (Å²) in [4.78, 5) is 14.3. The van der Waals surface area contributed by atoms with Crippen molar-refractivity contribution in [2.24, 2.45) is 5.92 Å². The van der Waals surface area contributed by atoms with Crippen LogP contribution in [0.15, 0.2) is 0 Å². The first-order valence-electron chi connectivity index (χ1n) is 7.37. The van der Waals surface area contributed by atoms with Gasteiger partial charge in [0, 0.05) is 32.2 Å². The molecule has 2 saturated heterocycles. The van der Waals surface area contributed by atoms with Gasteiger partial charge in [0.1, 0.15) is 5.60 Å². The second-order valence-electron chi connectivity index (χ2n) is 6.59. The number of carbonyl (C=O) groups excluding carboxylic acids is 1. The molecule has 110 valence electrons. The maximum absolute atomic E-state index is 11.7. The van der Waals surface area contributed by atoms with Gasteiger partial charge >= 0.3 is 6.09 Å². The third kappa shape index (κ3) is 4.35. The van der Waals surface area contributed by atoms with Crippen molar-refractivity contribution in [2.75, 3.05) is 32.7 Å². The van der Waals surface area contributed by atoms with E-state index < -0.39 is 5.60 Å². The summed E-state index contributed by atoms with van der Waals surface area (Å²) in [5, 5.41) is 6.38. The lowest BCUT2D eigenvalue weighted by Crippen LogP contribution is -2.58. The Bertz CT molecular complexity index is 312. The van der Waals surface area contributed by atoms with Crippen molar-refractivity contribution in [2.45, 2.75) is 45.3 Å². The Hall–Kier alpha value is -0.810. The van der Waals surface area contributed by atoms with E-state index in [2.05, 4.69) is 15.5 Å². The molecule has 5 nitrogen and oxygen atoms in total. The molecule has 0 radical (unpaired) electrons. The topological polar surface area (TPSA) is 53.6 Å². The number of ether oxygens (including phenoxy) is 1. The van der Waals surface area contributed by atoms with Crippen LogP contribution in [0.5, 0.6) is 0 Å². The van der Waals surface area contributed by atoms with Crippen LogP contribution < -0.4 is 10.6 Å². The summed E-state index contributed by atoms with van der Waals surface area (Å²) in [6, 6.07) is 0.567. The summed E-state index contributed by atoms with van der Waals surface area (Å²) < 4.78 is 5.29. The predicted molar refractivity (Wildman–Crippen MR) is 75.2 cm³/mol. The van der Waals surface area contributed by atoms with E-state index >= 15 is 0 Å². The number of amides is 1. The average molecular weight is 269 g/mol. The summed E-state index contributed by atoms with van der Waals surface area (Å²) in [5.74, 6) is 0.536. The summed E-state index contributed by atoms with van der Waals surface area (Å²) >= 11 is 0. The number of hydrogen-bond donors (Lipinski definition) is 2. The highest BCUT2D eigenvalue weighted by atomic mass is 16.6. The Balaban J connectivity index is 1.79. The molecule has 5 heteroatoms. The van der Waals surface area contributed by atoms with E-state index in [0.29, 0.717) is 12.0 Å². The van der Waals surface area contributed by atoms with Crippen LogP contribution in [-0.4, -0.2) is 55.4 Å². The van der Waals surface area contributed by atoms with Crippen molar-refractivity contribution in [3.05, 3.63) is 0 Å².